The molecular weight excluding hydrogens is 379 g/mol. The van der Waals surface area contributed by atoms with Crippen LogP contribution in [0.25, 0.3) is 17.0 Å². The van der Waals surface area contributed by atoms with Gasteiger partial charge in [0.25, 0.3) is 0 Å². The second-order valence-electron chi connectivity index (χ2n) is 5.87. The van der Waals surface area contributed by atoms with Crippen molar-refractivity contribution in [3.63, 3.8) is 0 Å². The number of imidazole rings is 1. The normalized spacial score (nSPS) is 12.4. The van der Waals surface area contributed by atoms with Gasteiger partial charge in [-0.15, -0.1) is 0 Å². The van der Waals surface area contributed by atoms with Gasteiger partial charge in [-0.3, -0.25) is 9.30 Å². The number of aliphatic hydroxyl groups excluding tert-OH is 1. The standard InChI is InChI=1S/C17H16Cl2N4O3/c1-8-14(22(3)17(25)26)15(11-5-4-10(18)6-12(11)19)23-7-13(9(2)24)21-16(23)20-8/h4-7,9,24H,1-3H3,(H,25,26). The maximum Gasteiger partial charge on any atom is 0.411 e. The van der Waals surface area contributed by atoms with Gasteiger partial charge in [0, 0.05) is 23.8 Å². The summed E-state index contributed by atoms with van der Waals surface area (Å²) in [5.41, 5.74) is 2.32. The molecule has 26 heavy (non-hydrogen) atoms. The Morgan fingerprint density at radius 1 is 1.31 bits per heavy atom. The van der Waals surface area contributed by atoms with Crippen LogP contribution in [0.2, 0.25) is 10.0 Å². The van der Waals surface area contributed by atoms with Crippen LogP contribution in [0, 0.1) is 6.92 Å². The molecule has 1 atom stereocenters. The number of carbonyl (C=O) groups is 1. The minimum absolute atomic E-state index is 0.335. The molecule has 1 amide bonds. The largest absolute Gasteiger partial charge is 0.465 e. The number of benzene rings is 1. The summed E-state index contributed by atoms with van der Waals surface area (Å²) in [7, 11) is 1.43. The minimum atomic E-state index is -1.14. The zero-order valence-electron chi connectivity index (χ0n) is 14.2. The van der Waals surface area contributed by atoms with E-state index in [2.05, 4.69) is 9.97 Å². The van der Waals surface area contributed by atoms with Crippen molar-refractivity contribution < 1.29 is 15.0 Å². The Hall–Kier alpha value is -2.35. The molecule has 2 heterocycles. The van der Waals surface area contributed by atoms with E-state index in [1.807, 2.05) is 0 Å². The van der Waals surface area contributed by atoms with Crippen molar-refractivity contribution in [1.29, 1.82) is 0 Å². The number of aromatic nitrogens is 3. The van der Waals surface area contributed by atoms with Gasteiger partial charge in [0.1, 0.15) is 0 Å². The van der Waals surface area contributed by atoms with Crippen LogP contribution in [-0.2, 0) is 0 Å². The first-order valence-electron chi connectivity index (χ1n) is 7.70. The third kappa shape index (κ3) is 3.09. The third-order valence-corrected chi connectivity index (χ3v) is 4.57. The highest BCUT2D eigenvalue weighted by Crippen LogP contribution is 2.38. The van der Waals surface area contributed by atoms with Crippen molar-refractivity contribution in [2.75, 3.05) is 11.9 Å². The molecule has 0 saturated carbocycles. The topological polar surface area (TPSA) is 91.0 Å². The number of aryl methyl sites for hydroxylation is 1. The highest BCUT2D eigenvalue weighted by Gasteiger charge is 2.24. The van der Waals surface area contributed by atoms with Crippen molar-refractivity contribution in [1.82, 2.24) is 14.4 Å². The molecule has 0 aliphatic carbocycles. The molecule has 0 saturated heterocycles. The van der Waals surface area contributed by atoms with Gasteiger partial charge in [-0.2, -0.15) is 0 Å². The predicted molar refractivity (Wildman–Crippen MR) is 100 cm³/mol. The number of carboxylic acid groups (broad SMARTS) is 1. The molecule has 3 aromatic rings. The van der Waals surface area contributed by atoms with E-state index >= 15 is 0 Å². The molecular formula is C17H16Cl2N4O3. The zero-order chi connectivity index (χ0) is 19.2. The fourth-order valence-corrected chi connectivity index (χ4v) is 3.26. The Bertz CT molecular complexity index is 1020. The van der Waals surface area contributed by atoms with Crippen LogP contribution in [0.1, 0.15) is 24.4 Å². The van der Waals surface area contributed by atoms with E-state index in [4.69, 9.17) is 23.2 Å². The molecule has 1 aromatic carbocycles. The Kier molecular flexibility index (Phi) is 4.79. The lowest BCUT2D eigenvalue weighted by atomic mass is 10.1. The Labute approximate surface area is 159 Å². The van der Waals surface area contributed by atoms with E-state index < -0.39 is 12.2 Å². The fourth-order valence-electron chi connectivity index (χ4n) is 2.76. The van der Waals surface area contributed by atoms with Gasteiger partial charge in [0.2, 0.25) is 5.78 Å². The fraction of sp³-hybridized carbons (Fsp3) is 0.235. The molecule has 0 radical (unpaired) electrons. The number of fused-ring (bicyclic) bond motifs is 1. The van der Waals surface area contributed by atoms with Crippen molar-refractivity contribution in [2.24, 2.45) is 0 Å². The summed E-state index contributed by atoms with van der Waals surface area (Å²) in [6, 6.07) is 4.96. The van der Waals surface area contributed by atoms with Gasteiger partial charge < -0.3 is 10.2 Å². The van der Waals surface area contributed by atoms with Gasteiger partial charge in [0.15, 0.2) is 0 Å². The van der Waals surface area contributed by atoms with Gasteiger partial charge in [-0.05, 0) is 32.0 Å². The molecule has 1 unspecified atom stereocenters. The Balaban J connectivity index is 2.45. The molecule has 2 N–H and O–H groups in total. The SMILES string of the molecule is Cc1nc2nc(C(C)O)cn2c(-c2ccc(Cl)cc2Cl)c1N(C)C(=O)O. The number of amides is 1. The van der Waals surface area contributed by atoms with Crippen LogP contribution in [0.5, 0.6) is 0 Å². The lowest BCUT2D eigenvalue weighted by molar-refractivity contribution is 0.195. The smallest absolute Gasteiger partial charge is 0.411 e. The summed E-state index contributed by atoms with van der Waals surface area (Å²) in [6.07, 6.45) is -0.325. The average molecular weight is 395 g/mol. The summed E-state index contributed by atoms with van der Waals surface area (Å²) in [4.78, 5) is 21.4. The number of hydrogen-bond acceptors (Lipinski definition) is 4. The number of halogens is 2. The van der Waals surface area contributed by atoms with Gasteiger partial charge in [-0.1, -0.05) is 23.2 Å². The van der Waals surface area contributed by atoms with Crippen LogP contribution in [0.3, 0.4) is 0 Å². The van der Waals surface area contributed by atoms with E-state index in [-0.39, 0.29) is 0 Å². The maximum absolute atomic E-state index is 11.6. The number of hydrogen-bond donors (Lipinski definition) is 2. The van der Waals surface area contributed by atoms with Gasteiger partial charge in [-0.25, -0.2) is 14.8 Å². The summed E-state index contributed by atoms with van der Waals surface area (Å²) < 4.78 is 1.62. The predicted octanol–water partition coefficient (Wildman–Crippen LogP) is 4.18. The number of rotatable bonds is 3. The van der Waals surface area contributed by atoms with Crippen molar-refractivity contribution in [3.05, 3.63) is 45.8 Å². The first kappa shape index (κ1) is 18.4. The molecule has 136 valence electrons. The van der Waals surface area contributed by atoms with E-state index in [9.17, 15) is 15.0 Å². The first-order chi connectivity index (χ1) is 12.2. The van der Waals surface area contributed by atoms with Crippen LogP contribution in [-0.4, -0.2) is 37.7 Å². The first-order valence-corrected chi connectivity index (χ1v) is 8.46. The maximum atomic E-state index is 11.6. The molecule has 2 aromatic heterocycles. The van der Waals surface area contributed by atoms with Gasteiger partial charge in [0.05, 0.1) is 33.9 Å². The summed E-state index contributed by atoms with van der Waals surface area (Å²) in [5.74, 6) is 0.335. The average Bonchev–Trinajstić information content (AvgIpc) is 2.97. The second-order valence-corrected chi connectivity index (χ2v) is 6.72. The van der Waals surface area contributed by atoms with E-state index in [1.54, 1.807) is 42.6 Å². The third-order valence-electron chi connectivity index (χ3n) is 4.02. The van der Waals surface area contributed by atoms with Crippen LogP contribution < -0.4 is 4.90 Å². The molecule has 7 nitrogen and oxygen atoms in total. The Morgan fingerprint density at radius 2 is 2.00 bits per heavy atom. The summed E-state index contributed by atoms with van der Waals surface area (Å²) >= 11 is 12.4. The molecule has 0 aliphatic heterocycles. The zero-order valence-corrected chi connectivity index (χ0v) is 15.7. The lowest BCUT2D eigenvalue weighted by Crippen LogP contribution is -2.26. The molecule has 0 bridgehead atoms. The monoisotopic (exact) mass is 394 g/mol. The van der Waals surface area contributed by atoms with E-state index in [0.717, 1.165) is 4.90 Å². The van der Waals surface area contributed by atoms with Crippen molar-refractivity contribution in [3.8, 4) is 11.3 Å². The minimum Gasteiger partial charge on any atom is -0.465 e. The molecule has 9 heteroatoms. The quantitative estimate of drug-likeness (QED) is 0.694. The highest BCUT2D eigenvalue weighted by atomic mass is 35.5. The lowest BCUT2D eigenvalue weighted by Gasteiger charge is -2.21. The summed E-state index contributed by atoms with van der Waals surface area (Å²) in [5, 5.41) is 20.2. The van der Waals surface area contributed by atoms with E-state index in [1.165, 1.54) is 7.05 Å². The molecule has 0 spiro atoms. The molecule has 0 fully saturated rings. The molecule has 3 rings (SSSR count). The molecule has 0 aliphatic rings. The van der Waals surface area contributed by atoms with Gasteiger partial charge >= 0.3 is 6.09 Å². The van der Waals surface area contributed by atoms with Crippen LogP contribution >= 0.6 is 23.2 Å². The van der Waals surface area contributed by atoms with Crippen LogP contribution in [0.15, 0.2) is 24.4 Å². The highest BCUT2D eigenvalue weighted by molar-refractivity contribution is 6.36. The summed E-state index contributed by atoms with van der Waals surface area (Å²) in [6.45, 7) is 3.28. The van der Waals surface area contributed by atoms with E-state index in [0.29, 0.717) is 44.2 Å². The van der Waals surface area contributed by atoms with Crippen molar-refractivity contribution in [2.45, 2.75) is 20.0 Å². The number of aliphatic hydroxyl groups is 1. The van der Waals surface area contributed by atoms with Crippen molar-refractivity contribution >= 4 is 40.8 Å². The number of anilines is 1. The van der Waals surface area contributed by atoms with Crippen LogP contribution in [0.4, 0.5) is 10.5 Å². The number of nitrogens with zero attached hydrogens (tertiary/aromatic N) is 4. The second kappa shape index (κ2) is 6.75. The Morgan fingerprint density at radius 3 is 2.58 bits per heavy atom.